The van der Waals surface area contributed by atoms with Crippen molar-refractivity contribution >= 4 is 39.8 Å². The van der Waals surface area contributed by atoms with Gasteiger partial charge in [-0.3, -0.25) is 23.7 Å². The number of nitrogens with zero attached hydrogens (tertiary/aromatic N) is 3. The first-order valence-electron chi connectivity index (χ1n) is 9.89. The van der Waals surface area contributed by atoms with Crippen molar-refractivity contribution in [3.05, 3.63) is 41.7 Å². The highest BCUT2D eigenvalue weighted by atomic mass is 32.1. The number of likely N-dealkylation sites (tertiary alicyclic amines) is 1. The maximum absolute atomic E-state index is 13.3. The predicted molar refractivity (Wildman–Crippen MR) is 109 cm³/mol. The molecule has 2 fully saturated rings. The summed E-state index contributed by atoms with van der Waals surface area (Å²) in [6, 6.07) is 5.85. The van der Waals surface area contributed by atoms with Crippen molar-refractivity contribution in [2.24, 2.45) is 11.8 Å². The van der Waals surface area contributed by atoms with Crippen LogP contribution in [0.5, 0.6) is 0 Å². The highest BCUT2D eigenvalue weighted by Crippen LogP contribution is 2.38. The Kier molecular flexibility index (Phi) is 4.62. The molecule has 3 amide bonds. The third-order valence-electron chi connectivity index (χ3n) is 5.87. The van der Waals surface area contributed by atoms with E-state index in [1.807, 2.05) is 5.38 Å². The molecule has 7 nitrogen and oxygen atoms in total. The summed E-state index contributed by atoms with van der Waals surface area (Å²) < 4.78 is 15.1. The van der Waals surface area contributed by atoms with Crippen LogP contribution in [0.2, 0.25) is 0 Å². The number of carbonyl (C=O) groups excluding carboxylic acids is 3. The molecule has 2 atom stereocenters. The van der Waals surface area contributed by atoms with Crippen LogP contribution in [0, 0.1) is 17.7 Å². The van der Waals surface area contributed by atoms with Crippen molar-refractivity contribution in [1.29, 1.82) is 0 Å². The fourth-order valence-corrected chi connectivity index (χ4v) is 5.13. The van der Waals surface area contributed by atoms with Crippen molar-refractivity contribution in [2.45, 2.75) is 25.7 Å². The number of rotatable bonds is 4. The molecule has 1 N–H and O–H groups in total. The molecule has 9 heteroatoms. The lowest BCUT2D eigenvalue weighted by Crippen LogP contribution is -2.38. The summed E-state index contributed by atoms with van der Waals surface area (Å²) in [6.07, 6.45) is 5.07. The molecule has 1 aromatic carbocycles. The number of imide groups is 1. The number of hydrogen-bond donors (Lipinski definition) is 1. The van der Waals surface area contributed by atoms with Gasteiger partial charge in [0.25, 0.3) is 0 Å². The van der Waals surface area contributed by atoms with Gasteiger partial charge in [-0.1, -0.05) is 12.8 Å². The van der Waals surface area contributed by atoms with Crippen molar-refractivity contribution < 1.29 is 18.8 Å². The maximum atomic E-state index is 13.3. The topological polar surface area (TPSA) is 83.8 Å². The zero-order chi connectivity index (χ0) is 20.8. The zero-order valence-electron chi connectivity index (χ0n) is 16.0. The Morgan fingerprint density at radius 2 is 1.80 bits per heavy atom. The summed E-state index contributed by atoms with van der Waals surface area (Å²) in [5, 5.41) is 4.65. The number of aromatic nitrogens is 2. The molecule has 3 aromatic rings. The third kappa shape index (κ3) is 3.09. The standard InChI is InChI=1S/C21H19FN4O3S/c22-13-7-5-12(6-8-13)17-18(25-9-10-30-21(25)24-17)23-16(27)11-26-19(28)14-3-1-2-4-15(14)20(26)29/h5-10,14-15H,1-4,11H2,(H,23,27)/t14-,15+. The number of imidazole rings is 1. The summed E-state index contributed by atoms with van der Waals surface area (Å²) in [5.41, 5.74) is 1.16. The predicted octanol–water partition coefficient (Wildman–Crippen LogP) is 3.32. The summed E-state index contributed by atoms with van der Waals surface area (Å²) in [4.78, 5) is 44.4. The number of halogens is 1. The molecule has 5 rings (SSSR count). The SMILES string of the molecule is O=C(CN1C(=O)[C@H]2CCCC[C@H]2C1=O)Nc1c(-c2ccc(F)cc2)nc2sccn12. The van der Waals surface area contributed by atoms with Crippen LogP contribution in [-0.2, 0) is 14.4 Å². The molecule has 0 bridgehead atoms. The van der Waals surface area contributed by atoms with Crippen LogP contribution < -0.4 is 5.32 Å². The quantitative estimate of drug-likeness (QED) is 0.649. The van der Waals surface area contributed by atoms with E-state index in [4.69, 9.17) is 0 Å². The van der Waals surface area contributed by atoms with E-state index in [0.717, 1.165) is 17.7 Å². The van der Waals surface area contributed by atoms with E-state index in [0.29, 0.717) is 34.9 Å². The lowest BCUT2D eigenvalue weighted by atomic mass is 9.81. The fraction of sp³-hybridized carbons (Fsp3) is 0.333. The molecule has 0 spiro atoms. The number of thiazole rings is 1. The van der Waals surface area contributed by atoms with Gasteiger partial charge in [-0.2, -0.15) is 0 Å². The minimum atomic E-state index is -0.466. The molecular formula is C21H19FN4O3S. The average molecular weight is 426 g/mol. The van der Waals surface area contributed by atoms with Crippen LogP contribution in [0.4, 0.5) is 10.2 Å². The number of carbonyl (C=O) groups is 3. The van der Waals surface area contributed by atoms with Crippen molar-refractivity contribution in [3.63, 3.8) is 0 Å². The fourth-order valence-electron chi connectivity index (χ4n) is 4.42. The summed E-state index contributed by atoms with van der Waals surface area (Å²) in [6.45, 7) is -0.315. The van der Waals surface area contributed by atoms with Crippen LogP contribution in [0.1, 0.15) is 25.7 Å². The minimum absolute atomic E-state index is 0.243. The Bertz CT molecular complexity index is 1130. The van der Waals surface area contributed by atoms with Crippen molar-refractivity contribution in [1.82, 2.24) is 14.3 Å². The molecular weight excluding hydrogens is 407 g/mol. The molecule has 2 aromatic heterocycles. The second-order valence-electron chi connectivity index (χ2n) is 7.68. The lowest BCUT2D eigenvalue weighted by molar-refractivity contribution is -0.142. The Hall–Kier alpha value is -3.07. The molecule has 1 saturated carbocycles. The Morgan fingerprint density at radius 3 is 2.47 bits per heavy atom. The average Bonchev–Trinajstić information content (AvgIpc) is 3.40. The Balaban J connectivity index is 1.40. The van der Waals surface area contributed by atoms with Crippen molar-refractivity contribution in [3.8, 4) is 11.3 Å². The van der Waals surface area contributed by atoms with Gasteiger partial charge in [0.05, 0.1) is 11.8 Å². The Morgan fingerprint density at radius 1 is 1.13 bits per heavy atom. The van der Waals surface area contributed by atoms with E-state index in [-0.39, 0.29) is 36.0 Å². The van der Waals surface area contributed by atoms with Gasteiger partial charge >= 0.3 is 0 Å². The molecule has 154 valence electrons. The number of benzene rings is 1. The maximum Gasteiger partial charge on any atom is 0.245 e. The monoisotopic (exact) mass is 426 g/mol. The van der Waals surface area contributed by atoms with Crippen molar-refractivity contribution in [2.75, 3.05) is 11.9 Å². The second-order valence-corrected chi connectivity index (χ2v) is 8.55. The molecule has 3 heterocycles. The zero-order valence-corrected chi connectivity index (χ0v) is 16.8. The summed E-state index contributed by atoms with van der Waals surface area (Å²) in [5.74, 6) is -1.45. The van der Waals surface area contributed by atoms with E-state index in [9.17, 15) is 18.8 Å². The number of fused-ring (bicyclic) bond motifs is 2. The number of amides is 3. The van der Waals surface area contributed by atoms with Gasteiger partial charge in [-0.15, -0.1) is 11.3 Å². The second kappa shape index (κ2) is 7.32. The van der Waals surface area contributed by atoms with E-state index in [2.05, 4.69) is 10.3 Å². The van der Waals surface area contributed by atoms with Crippen LogP contribution in [0.25, 0.3) is 16.2 Å². The van der Waals surface area contributed by atoms with Gasteiger partial charge in [0, 0.05) is 17.1 Å². The van der Waals surface area contributed by atoms with Crippen LogP contribution in [0.3, 0.4) is 0 Å². The number of hydrogen-bond acceptors (Lipinski definition) is 5. The van der Waals surface area contributed by atoms with E-state index < -0.39 is 5.91 Å². The van der Waals surface area contributed by atoms with E-state index in [1.54, 1.807) is 22.7 Å². The van der Waals surface area contributed by atoms with Gasteiger partial charge in [0.1, 0.15) is 23.9 Å². The summed E-state index contributed by atoms with van der Waals surface area (Å²) >= 11 is 1.40. The Labute approximate surface area is 175 Å². The normalized spacial score (nSPS) is 21.3. The first-order valence-corrected chi connectivity index (χ1v) is 10.8. The van der Waals surface area contributed by atoms with Gasteiger partial charge in [-0.05, 0) is 37.1 Å². The van der Waals surface area contributed by atoms with Gasteiger partial charge in [0.2, 0.25) is 17.7 Å². The van der Waals surface area contributed by atoms with Gasteiger partial charge in [-0.25, -0.2) is 9.37 Å². The first-order chi connectivity index (χ1) is 14.5. The molecule has 2 aliphatic rings. The third-order valence-corrected chi connectivity index (χ3v) is 6.63. The van der Waals surface area contributed by atoms with Gasteiger partial charge in [0.15, 0.2) is 4.96 Å². The van der Waals surface area contributed by atoms with E-state index in [1.165, 1.54) is 23.5 Å². The van der Waals surface area contributed by atoms with Crippen LogP contribution >= 0.6 is 11.3 Å². The van der Waals surface area contributed by atoms with Gasteiger partial charge < -0.3 is 5.32 Å². The minimum Gasteiger partial charge on any atom is -0.308 e. The molecule has 1 aliphatic carbocycles. The lowest BCUT2D eigenvalue weighted by Gasteiger charge is -2.19. The number of nitrogens with one attached hydrogen (secondary N) is 1. The largest absolute Gasteiger partial charge is 0.308 e. The van der Waals surface area contributed by atoms with E-state index >= 15 is 0 Å². The molecule has 0 radical (unpaired) electrons. The highest BCUT2D eigenvalue weighted by molar-refractivity contribution is 7.15. The van der Waals surface area contributed by atoms with Crippen LogP contribution in [0.15, 0.2) is 35.8 Å². The number of anilines is 1. The highest BCUT2D eigenvalue weighted by Gasteiger charge is 2.48. The summed E-state index contributed by atoms with van der Waals surface area (Å²) in [7, 11) is 0. The first kappa shape index (κ1) is 18.9. The smallest absolute Gasteiger partial charge is 0.245 e. The van der Waals surface area contributed by atoms with Crippen LogP contribution in [-0.4, -0.2) is 38.6 Å². The molecule has 1 saturated heterocycles. The molecule has 30 heavy (non-hydrogen) atoms. The molecule has 1 aliphatic heterocycles. The molecule has 0 unspecified atom stereocenters.